The zero-order valence-corrected chi connectivity index (χ0v) is 16.1. The number of ether oxygens (including phenoxy) is 2. The molecule has 0 bridgehead atoms. The number of anilines is 1. The van der Waals surface area contributed by atoms with Crippen LogP contribution in [0.3, 0.4) is 0 Å². The molecule has 0 aliphatic carbocycles. The number of β-amino-alcohol motifs (C(OH)–C–C–N with tert-alkyl or cyclic N) is 1. The number of hydrogen-bond acceptors (Lipinski definition) is 8. The number of aliphatic hydroxyl groups is 1. The molecule has 126 valence electrons. The summed E-state index contributed by atoms with van der Waals surface area (Å²) in [7, 11) is 0. The van der Waals surface area contributed by atoms with Gasteiger partial charge in [0.15, 0.2) is 0 Å². The average Bonchev–Trinajstić information content (AvgIpc) is 2.93. The Balaban J connectivity index is 1.85. The Hall–Kier alpha value is -0.230. The fourth-order valence-electron chi connectivity index (χ4n) is 1.92. The average molecular weight is 442 g/mol. The highest BCUT2D eigenvalue weighted by Gasteiger charge is 2.23. The van der Waals surface area contributed by atoms with Gasteiger partial charge in [-0.2, -0.15) is 4.37 Å². The summed E-state index contributed by atoms with van der Waals surface area (Å²) in [5, 5.41) is 10.1. The Labute approximate surface area is 149 Å². The third-order valence-electron chi connectivity index (χ3n) is 3.26. The van der Waals surface area contributed by atoms with E-state index in [-0.39, 0.29) is 12.1 Å². The Bertz CT molecular complexity index is 462. The molecule has 1 N–H and O–H groups in total. The molecular formula is C13H23IN4O3S. The van der Waals surface area contributed by atoms with E-state index in [2.05, 4.69) is 60.4 Å². The van der Waals surface area contributed by atoms with Gasteiger partial charge in [0.05, 0.1) is 24.9 Å². The van der Waals surface area contributed by atoms with Crippen molar-refractivity contribution in [3.05, 3.63) is 0 Å². The van der Waals surface area contributed by atoms with Gasteiger partial charge in [-0.15, -0.1) is 4.37 Å². The lowest BCUT2D eigenvalue weighted by atomic mass is 10.1. The number of hydrogen-bond donors (Lipinski definition) is 1. The van der Waals surface area contributed by atoms with Gasteiger partial charge in [0.25, 0.3) is 5.88 Å². The second-order valence-corrected chi connectivity index (χ2v) is 7.87. The first kappa shape index (κ1) is 18.1. The Morgan fingerprint density at radius 1 is 1.41 bits per heavy atom. The molecule has 1 saturated heterocycles. The van der Waals surface area contributed by atoms with E-state index in [0.717, 1.165) is 30.6 Å². The molecule has 1 atom stereocenters. The van der Waals surface area contributed by atoms with Gasteiger partial charge in [0.1, 0.15) is 12.7 Å². The molecule has 9 heteroatoms. The van der Waals surface area contributed by atoms with Crippen LogP contribution < -0.4 is 9.64 Å². The highest BCUT2D eigenvalue weighted by atomic mass is 127. The number of aromatic nitrogens is 2. The highest BCUT2D eigenvalue weighted by molar-refractivity contribution is 14.1. The number of rotatable bonds is 6. The normalized spacial score (nSPS) is 17.8. The summed E-state index contributed by atoms with van der Waals surface area (Å²) in [6, 6.07) is 0. The third kappa shape index (κ3) is 5.15. The summed E-state index contributed by atoms with van der Waals surface area (Å²) in [5.74, 6) is 1.25. The van der Waals surface area contributed by atoms with Crippen LogP contribution in [0.25, 0.3) is 0 Å². The lowest BCUT2D eigenvalue weighted by Crippen LogP contribution is -2.40. The molecular weight excluding hydrogens is 419 g/mol. The van der Waals surface area contributed by atoms with E-state index in [4.69, 9.17) is 9.47 Å². The quantitative estimate of drug-likeness (QED) is 0.530. The third-order valence-corrected chi connectivity index (χ3v) is 5.61. The maximum absolute atomic E-state index is 10.1. The van der Waals surface area contributed by atoms with Crippen molar-refractivity contribution in [3.8, 4) is 5.88 Å². The van der Waals surface area contributed by atoms with Crippen LogP contribution in [0.4, 0.5) is 5.82 Å². The lowest BCUT2D eigenvalue weighted by molar-refractivity contribution is 0.0790. The van der Waals surface area contributed by atoms with Crippen molar-refractivity contribution in [1.29, 1.82) is 0 Å². The van der Waals surface area contributed by atoms with Crippen LogP contribution in [0.5, 0.6) is 5.88 Å². The minimum Gasteiger partial charge on any atom is -0.472 e. The minimum absolute atomic E-state index is 0.00267. The van der Waals surface area contributed by atoms with Crippen LogP contribution in [-0.4, -0.2) is 68.1 Å². The summed E-state index contributed by atoms with van der Waals surface area (Å²) in [6.45, 7) is 10.0. The van der Waals surface area contributed by atoms with Crippen LogP contribution >= 0.6 is 34.6 Å². The summed E-state index contributed by atoms with van der Waals surface area (Å²) in [5.41, 5.74) is 0.00267. The van der Waals surface area contributed by atoms with E-state index in [0.29, 0.717) is 25.6 Å². The van der Waals surface area contributed by atoms with Crippen molar-refractivity contribution < 1.29 is 14.6 Å². The predicted molar refractivity (Wildman–Crippen MR) is 94.9 cm³/mol. The highest BCUT2D eigenvalue weighted by Crippen LogP contribution is 2.26. The van der Waals surface area contributed by atoms with Crippen molar-refractivity contribution in [2.24, 2.45) is 0 Å². The van der Waals surface area contributed by atoms with Gasteiger partial charge in [0.2, 0.25) is 5.82 Å². The smallest absolute Gasteiger partial charge is 0.270 e. The summed E-state index contributed by atoms with van der Waals surface area (Å²) >= 11 is 3.36. The molecule has 1 aromatic rings. The molecule has 1 aromatic heterocycles. The predicted octanol–water partition coefficient (Wildman–Crippen LogP) is 1.56. The molecule has 0 radical (unpaired) electrons. The molecule has 1 aliphatic rings. The molecule has 2 heterocycles. The van der Waals surface area contributed by atoms with Gasteiger partial charge in [-0.05, 0) is 20.8 Å². The summed E-state index contributed by atoms with van der Waals surface area (Å²) in [4.78, 5) is 2.11. The number of nitrogens with zero attached hydrogens (tertiary/aromatic N) is 4. The largest absolute Gasteiger partial charge is 0.472 e. The molecule has 0 amide bonds. The van der Waals surface area contributed by atoms with Gasteiger partial charge in [-0.25, -0.2) is 3.11 Å². The first-order chi connectivity index (χ1) is 10.4. The van der Waals surface area contributed by atoms with E-state index in [1.807, 2.05) is 0 Å². The van der Waals surface area contributed by atoms with Gasteiger partial charge in [-0.1, -0.05) is 0 Å². The SMILES string of the molecule is CC(C)(C)N(I)CC(O)COc1nsnc1N1CCOCC1. The maximum Gasteiger partial charge on any atom is 0.270 e. The van der Waals surface area contributed by atoms with Gasteiger partial charge in [0, 0.05) is 48.0 Å². The van der Waals surface area contributed by atoms with Crippen LogP contribution in [0, 0.1) is 0 Å². The molecule has 1 unspecified atom stereocenters. The van der Waals surface area contributed by atoms with E-state index in [1.54, 1.807) is 0 Å². The number of halogens is 1. The van der Waals surface area contributed by atoms with E-state index >= 15 is 0 Å². The monoisotopic (exact) mass is 442 g/mol. The first-order valence-corrected chi connectivity index (χ1v) is 8.97. The van der Waals surface area contributed by atoms with Crippen molar-refractivity contribution in [2.75, 3.05) is 44.4 Å². The molecule has 22 heavy (non-hydrogen) atoms. The minimum atomic E-state index is -0.574. The first-order valence-electron chi connectivity index (χ1n) is 7.27. The Morgan fingerprint density at radius 3 is 2.73 bits per heavy atom. The summed E-state index contributed by atoms with van der Waals surface area (Å²) in [6.07, 6.45) is -0.574. The Morgan fingerprint density at radius 2 is 2.09 bits per heavy atom. The fourth-order valence-corrected chi connectivity index (χ4v) is 2.90. The Kier molecular flexibility index (Phi) is 6.62. The molecule has 1 fully saturated rings. The van der Waals surface area contributed by atoms with Crippen molar-refractivity contribution in [2.45, 2.75) is 32.4 Å². The van der Waals surface area contributed by atoms with Crippen LogP contribution in [0.1, 0.15) is 20.8 Å². The topological polar surface area (TPSA) is 71.0 Å². The number of morpholine rings is 1. The van der Waals surface area contributed by atoms with Gasteiger partial charge < -0.3 is 19.5 Å². The van der Waals surface area contributed by atoms with Crippen LogP contribution in [0.15, 0.2) is 0 Å². The fraction of sp³-hybridized carbons (Fsp3) is 0.846. The maximum atomic E-state index is 10.1. The summed E-state index contributed by atoms with van der Waals surface area (Å²) < 4.78 is 21.6. The molecule has 7 nitrogen and oxygen atoms in total. The zero-order valence-electron chi connectivity index (χ0n) is 13.2. The second-order valence-electron chi connectivity index (χ2n) is 6.17. The molecule has 1 aliphatic heterocycles. The molecule has 0 saturated carbocycles. The molecule has 2 rings (SSSR count). The van der Waals surface area contributed by atoms with Gasteiger partial charge in [-0.3, -0.25) is 0 Å². The lowest BCUT2D eigenvalue weighted by Gasteiger charge is -2.31. The van der Waals surface area contributed by atoms with Crippen molar-refractivity contribution >= 4 is 40.4 Å². The van der Waals surface area contributed by atoms with Crippen molar-refractivity contribution in [3.63, 3.8) is 0 Å². The van der Waals surface area contributed by atoms with Crippen LogP contribution in [-0.2, 0) is 4.74 Å². The van der Waals surface area contributed by atoms with E-state index < -0.39 is 6.10 Å². The number of aliphatic hydroxyl groups excluding tert-OH is 1. The van der Waals surface area contributed by atoms with Crippen molar-refractivity contribution in [1.82, 2.24) is 11.9 Å². The second kappa shape index (κ2) is 8.04. The van der Waals surface area contributed by atoms with E-state index in [1.165, 1.54) is 0 Å². The zero-order chi connectivity index (χ0) is 16.2. The van der Waals surface area contributed by atoms with Crippen LogP contribution in [0.2, 0.25) is 0 Å². The standard InChI is InChI=1S/C13H23IN4O3S/c1-13(2,3)18(14)8-10(19)9-21-12-11(15-22-16-12)17-4-6-20-7-5-17/h10,19H,4-9H2,1-3H3. The molecule has 0 aromatic carbocycles. The van der Waals surface area contributed by atoms with Gasteiger partial charge >= 0.3 is 0 Å². The van der Waals surface area contributed by atoms with E-state index in [9.17, 15) is 5.11 Å². The molecule has 0 spiro atoms.